The first-order valence-electron chi connectivity index (χ1n) is 7.93. The zero-order valence-corrected chi connectivity index (χ0v) is 13.5. The van der Waals surface area contributed by atoms with Gasteiger partial charge < -0.3 is 9.42 Å². The number of hydrogen-bond donors (Lipinski definition) is 0. The van der Waals surface area contributed by atoms with Gasteiger partial charge in [0.15, 0.2) is 5.82 Å². The highest BCUT2D eigenvalue weighted by molar-refractivity contribution is 5.92. The number of aromatic nitrogens is 2. The lowest BCUT2D eigenvalue weighted by Crippen LogP contribution is -2.36. The molecule has 6 heteroatoms. The first-order valence-corrected chi connectivity index (χ1v) is 7.93. The second kappa shape index (κ2) is 7.09. The summed E-state index contributed by atoms with van der Waals surface area (Å²) < 4.78 is 5.22. The van der Waals surface area contributed by atoms with Gasteiger partial charge in [-0.15, -0.1) is 0 Å². The van der Waals surface area contributed by atoms with Crippen LogP contribution < -0.4 is 0 Å². The van der Waals surface area contributed by atoms with Gasteiger partial charge in [0.2, 0.25) is 11.8 Å². The number of nitrogens with zero attached hydrogens (tertiary/aromatic N) is 4. The molecule has 0 radical (unpaired) electrons. The molecule has 0 aliphatic carbocycles. The van der Waals surface area contributed by atoms with Crippen LogP contribution in [0.5, 0.6) is 0 Å². The molecule has 122 valence electrons. The topological polar surface area (TPSA) is 83.0 Å². The molecule has 1 aromatic heterocycles. The van der Waals surface area contributed by atoms with E-state index >= 15 is 0 Å². The SMILES string of the molecule is Cc1noc(C2CCN(C(=O)/C=C/c3ccccc3C#N)CC2)n1. The van der Waals surface area contributed by atoms with Crippen molar-refractivity contribution < 1.29 is 9.32 Å². The van der Waals surface area contributed by atoms with Gasteiger partial charge in [-0.05, 0) is 37.5 Å². The molecule has 3 rings (SSSR count). The second-order valence-corrected chi connectivity index (χ2v) is 5.81. The van der Waals surface area contributed by atoms with Crippen LogP contribution in [-0.2, 0) is 4.79 Å². The maximum Gasteiger partial charge on any atom is 0.246 e. The van der Waals surface area contributed by atoms with Crippen LogP contribution in [0, 0.1) is 18.3 Å². The molecule has 0 saturated carbocycles. The van der Waals surface area contributed by atoms with Crippen LogP contribution in [0.1, 0.15) is 41.6 Å². The second-order valence-electron chi connectivity index (χ2n) is 5.81. The van der Waals surface area contributed by atoms with Crippen LogP contribution in [0.25, 0.3) is 6.08 Å². The zero-order chi connectivity index (χ0) is 16.9. The first-order chi connectivity index (χ1) is 11.7. The molecule has 1 aromatic carbocycles. The Morgan fingerprint density at radius 2 is 2.12 bits per heavy atom. The van der Waals surface area contributed by atoms with Crippen molar-refractivity contribution in [3.05, 3.63) is 53.2 Å². The summed E-state index contributed by atoms with van der Waals surface area (Å²) in [5, 5.41) is 12.9. The van der Waals surface area contributed by atoms with Crippen molar-refractivity contribution in [3.8, 4) is 6.07 Å². The van der Waals surface area contributed by atoms with E-state index in [0.717, 1.165) is 18.4 Å². The maximum absolute atomic E-state index is 12.3. The Hall–Kier alpha value is -2.94. The van der Waals surface area contributed by atoms with Gasteiger partial charge in [-0.25, -0.2) is 0 Å². The number of amides is 1. The standard InChI is InChI=1S/C18H18N4O2/c1-13-20-18(24-21-13)15-8-10-22(11-9-15)17(23)7-6-14-4-2-3-5-16(14)12-19/h2-7,15H,8-11H2,1H3/b7-6+. The molecule has 0 atom stereocenters. The van der Waals surface area contributed by atoms with Crippen molar-refractivity contribution in [2.75, 3.05) is 13.1 Å². The highest BCUT2D eigenvalue weighted by Gasteiger charge is 2.26. The lowest BCUT2D eigenvalue weighted by molar-refractivity contribution is -0.127. The third kappa shape index (κ3) is 3.51. The fourth-order valence-electron chi connectivity index (χ4n) is 2.84. The van der Waals surface area contributed by atoms with Crippen LogP contribution in [0.4, 0.5) is 0 Å². The number of likely N-dealkylation sites (tertiary alicyclic amines) is 1. The van der Waals surface area contributed by atoms with Crippen molar-refractivity contribution in [2.24, 2.45) is 0 Å². The Kier molecular flexibility index (Phi) is 4.71. The fraction of sp³-hybridized carbons (Fsp3) is 0.333. The molecule has 0 bridgehead atoms. The van der Waals surface area contributed by atoms with Gasteiger partial charge in [-0.3, -0.25) is 4.79 Å². The summed E-state index contributed by atoms with van der Waals surface area (Å²) in [6.45, 7) is 3.12. The molecule has 1 fully saturated rings. The van der Waals surface area contributed by atoms with Crippen LogP contribution in [0.2, 0.25) is 0 Å². The number of rotatable bonds is 3. The smallest absolute Gasteiger partial charge is 0.246 e. The predicted molar refractivity (Wildman–Crippen MR) is 87.8 cm³/mol. The highest BCUT2D eigenvalue weighted by atomic mass is 16.5. The summed E-state index contributed by atoms with van der Waals surface area (Å²) in [6.07, 6.45) is 4.87. The van der Waals surface area contributed by atoms with Crippen molar-refractivity contribution in [1.82, 2.24) is 15.0 Å². The minimum atomic E-state index is -0.0390. The number of piperidine rings is 1. The summed E-state index contributed by atoms with van der Waals surface area (Å²) in [6, 6.07) is 9.35. The van der Waals surface area contributed by atoms with Crippen molar-refractivity contribution >= 4 is 12.0 Å². The van der Waals surface area contributed by atoms with Crippen molar-refractivity contribution in [3.63, 3.8) is 0 Å². The number of aryl methyl sites for hydroxylation is 1. The lowest BCUT2D eigenvalue weighted by atomic mass is 9.96. The van der Waals surface area contributed by atoms with Gasteiger partial charge in [-0.1, -0.05) is 23.4 Å². The molecule has 1 aliphatic heterocycles. The molecule has 1 saturated heterocycles. The van der Waals surface area contributed by atoms with E-state index in [9.17, 15) is 4.79 Å². The molecular formula is C18H18N4O2. The highest BCUT2D eigenvalue weighted by Crippen LogP contribution is 2.26. The van der Waals surface area contributed by atoms with Crippen LogP contribution in [0.15, 0.2) is 34.9 Å². The van der Waals surface area contributed by atoms with Gasteiger partial charge in [-0.2, -0.15) is 10.2 Å². The van der Waals surface area contributed by atoms with E-state index in [2.05, 4.69) is 16.2 Å². The number of carbonyl (C=O) groups excluding carboxylic acids is 1. The lowest BCUT2D eigenvalue weighted by Gasteiger charge is -2.29. The maximum atomic E-state index is 12.3. The molecule has 0 spiro atoms. The van der Waals surface area contributed by atoms with Crippen LogP contribution >= 0.6 is 0 Å². The quantitative estimate of drug-likeness (QED) is 0.811. The normalized spacial score (nSPS) is 15.6. The third-order valence-corrected chi connectivity index (χ3v) is 4.19. The summed E-state index contributed by atoms with van der Waals surface area (Å²) in [5.41, 5.74) is 1.32. The van der Waals surface area contributed by atoms with Crippen molar-refractivity contribution in [2.45, 2.75) is 25.7 Å². The van der Waals surface area contributed by atoms with Crippen molar-refractivity contribution in [1.29, 1.82) is 5.26 Å². The van der Waals surface area contributed by atoms with E-state index in [0.29, 0.717) is 30.4 Å². The van der Waals surface area contributed by atoms with Gasteiger partial charge in [0.25, 0.3) is 0 Å². The summed E-state index contributed by atoms with van der Waals surface area (Å²) in [7, 11) is 0. The molecule has 0 unspecified atom stereocenters. The Labute approximate surface area is 140 Å². The summed E-state index contributed by atoms with van der Waals surface area (Å²) in [4.78, 5) is 18.4. The monoisotopic (exact) mass is 322 g/mol. The Balaban J connectivity index is 1.59. The Morgan fingerprint density at radius 3 is 2.79 bits per heavy atom. The predicted octanol–water partition coefficient (Wildman–Crippen LogP) is 2.67. The van der Waals surface area contributed by atoms with Gasteiger partial charge in [0, 0.05) is 25.1 Å². The molecule has 6 nitrogen and oxygen atoms in total. The summed E-state index contributed by atoms with van der Waals surface area (Å²) in [5.74, 6) is 1.49. The largest absolute Gasteiger partial charge is 0.339 e. The van der Waals surface area contributed by atoms with E-state index in [1.165, 1.54) is 6.08 Å². The molecule has 2 heterocycles. The van der Waals surface area contributed by atoms with E-state index < -0.39 is 0 Å². The first kappa shape index (κ1) is 15.9. The molecule has 0 N–H and O–H groups in total. The molecule has 1 amide bonds. The van der Waals surface area contributed by atoms with Gasteiger partial charge in [0.05, 0.1) is 11.6 Å². The third-order valence-electron chi connectivity index (χ3n) is 4.19. The number of nitriles is 1. The molecule has 1 aliphatic rings. The van der Waals surface area contributed by atoms with E-state index in [4.69, 9.17) is 9.78 Å². The van der Waals surface area contributed by atoms with E-state index in [1.54, 1.807) is 19.1 Å². The van der Waals surface area contributed by atoms with Gasteiger partial charge in [0.1, 0.15) is 0 Å². The van der Waals surface area contributed by atoms with E-state index in [1.807, 2.05) is 23.1 Å². The Morgan fingerprint density at radius 1 is 1.38 bits per heavy atom. The molecular weight excluding hydrogens is 304 g/mol. The van der Waals surface area contributed by atoms with Gasteiger partial charge >= 0.3 is 0 Å². The molecule has 2 aromatic rings. The van der Waals surface area contributed by atoms with E-state index in [-0.39, 0.29) is 11.8 Å². The van der Waals surface area contributed by atoms with Crippen LogP contribution in [0.3, 0.4) is 0 Å². The number of carbonyl (C=O) groups is 1. The number of hydrogen-bond acceptors (Lipinski definition) is 5. The minimum absolute atomic E-state index is 0.0390. The average molecular weight is 322 g/mol. The zero-order valence-electron chi connectivity index (χ0n) is 13.5. The number of benzene rings is 1. The molecule has 24 heavy (non-hydrogen) atoms. The van der Waals surface area contributed by atoms with Crippen LogP contribution in [-0.4, -0.2) is 34.0 Å². The Bertz CT molecular complexity index is 795. The fourth-order valence-corrected chi connectivity index (χ4v) is 2.84. The summed E-state index contributed by atoms with van der Waals surface area (Å²) >= 11 is 0. The minimum Gasteiger partial charge on any atom is -0.339 e. The average Bonchev–Trinajstić information content (AvgIpc) is 3.06.